The summed E-state index contributed by atoms with van der Waals surface area (Å²) < 4.78 is 0. The van der Waals surface area contributed by atoms with Gasteiger partial charge in [-0.15, -0.1) is 11.3 Å². The third-order valence-corrected chi connectivity index (χ3v) is 3.65. The first-order chi connectivity index (χ1) is 10.1. The summed E-state index contributed by atoms with van der Waals surface area (Å²) in [6, 6.07) is 10.1. The van der Waals surface area contributed by atoms with Gasteiger partial charge in [-0.3, -0.25) is 14.4 Å². The number of hydrogen-bond acceptors (Lipinski definition) is 5. The lowest BCUT2D eigenvalue weighted by molar-refractivity contribution is 0.0368. The van der Waals surface area contributed by atoms with Crippen LogP contribution in [0, 0.1) is 0 Å². The SMILES string of the molecule is CCONC(=O)c1ccc(C(=O)Nc2ccccc2N)s1. The smallest absolute Gasteiger partial charge is 0.284 e. The van der Waals surface area contributed by atoms with Crippen LogP contribution in [-0.2, 0) is 4.84 Å². The Hall–Kier alpha value is -2.38. The van der Waals surface area contributed by atoms with Crippen LogP contribution in [0.4, 0.5) is 11.4 Å². The van der Waals surface area contributed by atoms with Crippen LogP contribution in [0.3, 0.4) is 0 Å². The molecule has 0 unspecified atom stereocenters. The summed E-state index contributed by atoms with van der Waals surface area (Å²) in [7, 11) is 0. The van der Waals surface area contributed by atoms with Gasteiger partial charge in [-0.2, -0.15) is 0 Å². The van der Waals surface area contributed by atoms with Gasteiger partial charge in [-0.25, -0.2) is 5.48 Å². The van der Waals surface area contributed by atoms with Crippen molar-refractivity contribution >= 4 is 34.5 Å². The van der Waals surface area contributed by atoms with Crippen molar-refractivity contribution in [3.8, 4) is 0 Å². The number of nitrogens with two attached hydrogens (primary N) is 1. The number of benzene rings is 1. The van der Waals surface area contributed by atoms with Crippen LogP contribution in [0.1, 0.15) is 26.3 Å². The van der Waals surface area contributed by atoms with Gasteiger partial charge in [0.05, 0.1) is 27.7 Å². The summed E-state index contributed by atoms with van der Waals surface area (Å²) in [6.45, 7) is 2.13. The summed E-state index contributed by atoms with van der Waals surface area (Å²) >= 11 is 1.08. The molecule has 0 saturated carbocycles. The van der Waals surface area contributed by atoms with Crippen LogP contribution in [-0.4, -0.2) is 18.4 Å². The molecule has 1 aromatic heterocycles. The lowest BCUT2D eigenvalue weighted by Gasteiger charge is -2.06. The van der Waals surface area contributed by atoms with E-state index in [1.165, 1.54) is 0 Å². The highest BCUT2D eigenvalue weighted by Crippen LogP contribution is 2.21. The third kappa shape index (κ3) is 3.80. The zero-order valence-corrected chi connectivity index (χ0v) is 12.2. The van der Waals surface area contributed by atoms with E-state index < -0.39 is 0 Å². The van der Waals surface area contributed by atoms with Crippen LogP contribution in [0.5, 0.6) is 0 Å². The first-order valence-electron chi connectivity index (χ1n) is 6.29. The molecule has 0 aliphatic carbocycles. The molecule has 21 heavy (non-hydrogen) atoms. The Labute approximate surface area is 125 Å². The van der Waals surface area contributed by atoms with Crippen LogP contribution in [0.25, 0.3) is 0 Å². The number of thiophene rings is 1. The Kier molecular flexibility index (Phi) is 4.91. The van der Waals surface area contributed by atoms with Crippen molar-refractivity contribution < 1.29 is 14.4 Å². The predicted octanol–water partition coefficient (Wildman–Crippen LogP) is 2.26. The minimum Gasteiger partial charge on any atom is -0.397 e. The molecule has 0 fully saturated rings. The van der Waals surface area contributed by atoms with E-state index in [4.69, 9.17) is 10.6 Å². The lowest BCUT2D eigenvalue weighted by Crippen LogP contribution is -2.22. The summed E-state index contributed by atoms with van der Waals surface area (Å²) in [4.78, 5) is 29.4. The molecular formula is C14H15N3O3S. The van der Waals surface area contributed by atoms with Crippen molar-refractivity contribution in [2.45, 2.75) is 6.92 Å². The Bertz CT molecular complexity index is 654. The number of carbonyl (C=O) groups excluding carboxylic acids is 2. The van der Waals surface area contributed by atoms with Crippen LogP contribution >= 0.6 is 11.3 Å². The van der Waals surface area contributed by atoms with Gasteiger partial charge >= 0.3 is 0 Å². The normalized spacial score (nSPS) is 10.1. The summed E-state index contributed by atoms with van der Waals surface area (Å²) in [5, 5.41) is 2.71. The number of para-hydroxylation sites is 2. The number of hydroxylamine groups is 1. The Morgan fingerprint density at radius 3 is 2.48 bits per heavy atom. The topological polar surface area (TPSA) is 93.4 Å². The first-order valence-corrected chi connectivity index (χ1v) is 7.11. The van der Waals surface area contributed by atoms with E-state index in [0.29, 0.717) is 27.7 Å². The van der Waals surface area contributed by atoms with Gasteiger partial charge < -0.3 is 11.1 Å². The molecule has 0 aliphatic rings. The number of hydrogen-bond donors (Lipinski definition) is 3. The molecule has 0 atom stereocenters. The van der Waals surface area contributed by atoms with E-state index in [1.54, 1.807) is 43.3 Å². The molecule has 2 amide bonds. The predicted molar refractivity (Wildman–Crippen MR) is 82.2 cm³/mol. The van der Waals surface area contributed by atoms with Gasteiger partial charge in [-0.05, 0) is 31.2 Å². The highest BCUT2D eigenvalue weighted by Gasteiger charge is 2.14. The quantitative estimate of drug-likeness (QED) is 0.583. The van der Waals surface area contributed by atoms with Crippen molar-refractivity contribution in [3.05, 3.63) is 46.2 Å². The summed E-state index contributed by atoms with van der Waals surface area (Å²) in [5.41, 5.74) is 9.06. The monoisotopic (exact) mass is 305 g/mol. The fourth-order valence-corrected chi connectivity index (χ4v) is 2.35. The minimum absolute atomic E-state index is 0.312. The van der Waals surface area contributed by atoms with Crippen LogP contribution in [0.2, 0.25) is 0 Å². The van der Waals surface area contributed by atoms with Crippen molar-refractivity contribution in [1.29, 1.82) is 0 Å². The van der Waals surface area contributed by atoms with E-state index in [1.807, 2.05) is 0 Å². The van der Waals surface area contributed by atoms with Crippen LogP contribution in [0.15, 0.2) is 36.4 Å². The average molecular weight is 305 g/mol. The van der Waals surface area contributed by atoms with E-state index in [-0.39, 0.29) is 11.8 Å². The molecule has 0 spiro atoms. The molecule has 6 nitrogen and oxygen atoms in total. The van der Waals surface area contributed by atoms with Crippen molar-refractivity contribution in [2.75, 3.05) is 17.7 Å². The molecule has 0 saturated heterocycles. The zero-order valence-electron chi connectivity index (χ0n) is 11.4. The van der Waals surface area contributed by atoms with Gasteiger partial charge in [0.25, 0.3) is 11.8 Å². The molecule has 2 aromatic rings. The van der Waals surface area contributed by atoms with Gasteiger partial charge in [0.1, 0.15) is 0 Å². The molecule has 0 bridgehead atoms. The number of amides is 2. The molecule has 1 aromatic carbocycles. The number of nitrogen functional groups attached to an aromatic ring is 1. The number of nitrogens with one attached hydrogen (secondary N) is 2. The molecule has 110 valence electrons. The summed E-state index contributed by atoms with van der Waals surface area (Å²) in [5.74, 6) is -0.687. The lowest BCUT2D eigenvalue weighted by atomic mass is 10.2. The zero-order chi connectivity index (χ0) is 15.2. The van der Waals surface area contributed by atoms with Gasteiger partial charge in [0.2, 0.25) is 0 Å². The number of rotatable bonds is 5. The number of carbonyl (C=O) groups is 2. The average Bonchev–Trinajstić information content (AvgIpc) is 2.97. The second kappa shape index (κ2) is 6.87. The second-order valence-corrected chi connectivity index (χ2v) is 5.15. The highest BCUT2D eigenvalue weighted by molar-refractivity contribution is 7.16. The van der Waals surface area contributed by atoms with Gasteiger partial charge in [0.15, 0.2) is 0 Å². The largest absolute Gasteiger partial charge is 0.397 e. The maximum absolute atomic E-state index is 12.1. The molecule has 0 radical (unpaired) electrons. The molecular weight excluding hydrogens is 290 g/mol. The molecule has 0 aliphatic heterocycles. The Morgan fingerprint density at radius 2 is 1.81 bits per heavy atom. The van der Waals surface area contributed by atoms with E-state index >= 15 is 0 Å². The highest BCUT2D eigenvalue weighted by atomic mass is 32.1. The Balaban J connectivity index is 2.05. The van der Waals surface area contributed by atoms with Crippen LogP contribution < -0.4 is 16.5 Å². The molecule has 1 heterocycles. The number of anilines is 2. The maximum Gasteiger partial charge on any atom is 0.284 e. The molecule has 4 N–H and O–H groups in total. The van der Waals surface area contributed by atoms with Gasteiger partial charge in [0, 0.05) is 0 Å². The Morgan fingerprint density at radius 1 is 1.14 bits per heavy atom. The van der Waals surface area contributed by atoms with E-state index in [2.05, 4.69) is 10.8 Å². The van der Waals surface area contributed by atoms with Crippen molar-refractivity contribution in [3.63, 3.8) is 0 Å². The van der Waals surface area contributed by atoms with Crippen molar-refractivity contribution in [2.24, 2.45) is 0 Å². The molecule has 2 rings (SSSR count). The first kappa shape index (κ1) is 15.0. The third-order valence-electron chi connectivity index (χ3n) is 2.57. The standard InChI is InChI=1S/C14H15N3O3S/c1-2-20-17-14(19)12-8-7-11(21-12)13(18)16-10-6-4-3-5-9(10)15/h3-8H,2,15H2,1H3,(H,16,18)(H,17,19). The fourth-order valence-electron chi connectivity index (χ4n) is 1.56. The minimum atomic E-state index is -0.375. The van der Waals surface area contributed by atoms with Crippen molar-refractivity contribution in [1.82, 2.24) is 5.48 Å². The maximum atomic E-state index is 12.1. The fraction of sp³-hybridized carbons (Fsp3) is 0.143. The second-order valence-electron chi connectivity index (χ2n) is 4.07. The summed E-state index contributed by atoms with van der Waals surface area (Å²) in [6.07, 6.45) is 0. The molecule has 7 heteroatoms. The van der Waals surface area contributed by atoms with E-state index in [9.17, 15) is 9.59 Å². The van der Waals surface area contributed by atoms with Gasteiger partial charge in [-0.1, -0.05) is 12.1 Å². The van der Waals surface area contributed by atoms with E-state index in [0.717, 1.165) is 11.3 Å².